The van der Waals surface area contributed by atoms with Crippen molar-refractivity contribution >= 4 is 17.8 Å². The number of non-ortho nitro benzene ring substituents is 1. The summed E-state index contributed by atoms with van der Waals surface area (Å²) in [6, 6.07) is 6.26. The first-order valence-corrected chi connectivity index (χ1v) is 5.77. The second kappa shape index (κ2) is 6.24. The molecule has 1 N–H and O–H groups in total. The van der Waals surface area contributed by atoms with Crippen LogP contribution in [0.2, 0.25) is 0 Å². The Morgan fingerprint density at radius 2 is 2.00 bits per heavy atom. The van der Waals surface area contributed by atoms with Crippen LogP contribution in [0.25, 0.3) is 0 Å². The van der Waals surface area contributed by atoms with E-state index in [1.165, 1.54) is 24.5 Å². The van der Waals surface area contributed by atoms with E-state index in [1.54, 1.807) is 0 Å². The van der Waals surface area contributed by atoms with E-state index >= 15 is 0 Å². The average Bonchev–Trinajstić information content (AvgIpc) is 2.49. The van der Waals surface area contributed by atoms with Gasteiger partial charge in [0, 0.05) is 30.1 Å². The number of hydrogen-bond acceptors (Lipinski definition) is 6. The summed E-state index contributed by atoms with van der Waals surface area (Å²) >= 11 is 0. The van der Waals surface area contributed by atoms with Crippen molar-refractivity contribution in [3.8, 4) is 5.75 Å². The molecule has 0 aliphatic heterocycles. The van der Waals surface area contributed by atoms with Gasteiger partial charge in [0.1, 0.15) is 0 Å². The van der Waals surface area contributed by atoms with E-state index in [0.717, 1.165) is 24.4 Å². The van der Waals surface area contributed by atoms with Crippen molar-refractivity contribution in [2.24, 2.45) is 5.10 Å². The molecule has 0 saturated heterocycles. The fourth-order valence-electron chi connectivity index (χ4n) is 1.48. The van der Waals surface area contributed by atoms with E-state index in [1.807, 2.05) is 0 Å². The third-order valence-corrected chi connectivity index (χ3v) is 2.52. The summed E-state index contributed by atoms with van der Waals surface area (Å²) in [4.78, 5) is 25.4. The van der Waals surface area contributed by atoms with Crippen molar-refractivity contribution in [2.75, 3.05) is 0 Å². The number of carbonyl (C=O) groups is 1. The molecule has 1 amide bonds. The number of nitro groups is 1. The van der Waals surface area contributed by atoms with Crippen LogP contribution in [0, 0.1) is 10.1 Å². The first-order valence-electron chi connectivity index (χ1n) is 5.77. The van der Waals surface area contributed by atoms with Crippen LogP contribution in [0.5, 0.6) is 5.75 Å². The average molecular weight is 285 g/mol. The second-order valence-electron chi connectivity index (χ2n) is 3.91. The van der Waals surface area contributed by atoms with Crippen molar-refractivity contribution in [3.63, 3.8) is 0 Å². The minimum Gasteiger partial charge on any atom is -0.872 e. The van der Waals surface area contributed by atoms with E-state index in [-0.39, 0.29) is 11.3 Å². The van der Waals surface area contributed by atoms with Gasteiger partial charge in [0.05, 0.1) is 11.1 Å². The molecule has 8 nitrogen and oxygen atoms in total. The van der Waals surface area contributed by atoms with E-state index in [9.17, 15) is 20.0 Å². The SMILES string of the molecule is O=C(N/N=C\c1cc([N+](=O)[O-])ccc1[O-])c1ccncc1. The topological polar surface area (TPSA) is 121 Å². The fourth-order valence-corrected chi connectivity index (χ4v) is 1.48. The molecule has 0 radical (unpaired) electrons. The molecule has 8 heteroatoms. The van der Waals surface area contributed by atoms with Gasteiger partial charge in [-0.2, -0.15) is 5.10 Å². The number of nitro benzene ring substituents is 1. The monoisotopic (exact) mass is 285 g/mol. The summed E-state index contributed by atoms with van der Waals surface area (Å²) in [5.74, 6) is -0.908. The smallest absolute Gasteiger partial charge is 0.271 e. The van der Waals surface area contributed by atoms with Gasteiger partial charge < -0.3 is 5.11 Å². The molecule has 21 heavy (non-hydrogen) atoms. The highest BCUT2D eigenvalue weighted by Gasteiger charge is 2.06. The number of nitrogens with zero attached hydrogens (tertiary/aromatic N) is 3. The predicted molar refractivity (Wildman–Crippen MR) is 71.8 cm³/mol. The van der Waals surface area contributed by atoms with Crippen molar-refractivity contribution in [1.29, 1.82) is 0 Å². The van der Waals surface area contributed by atoms with Gasteiger partial charge in [0.2, 0.25) is 0 Å². The van der Waals surface area contributed by atoms with E-state index in [0.29, 0.717) is 5.56 Å². The van der Waals surface area contributed by atoms with Crippen LogP contribution in [0.3, 0.4) is 0 Å². The number of hydrazone groups is 1. The van der Waals surface area contributed by atoms with Gasteiger partial charge in [-0.1, -0.05) is 11.8 Å². The molecule has 1 aromatic heterocycles. The summed E-state index contributed by atoms with van der Waals surface area (Å²) < 4.78 is 0. The van der Waals surface area contributed by atoms with Gasteiger partial charge in [0.15, 0.2) is 0 Å². The molecule has 1 aromatic carbocycles. The third-order valence-electron chi connectivity index (χ3n) is 2.52. The minimum absolute atomic E-state index is 0.0132. The predicted octanol–water partition coefficient (Wildman–Crippen LogP) is 0.827. The lowest BCUT2D eigenvalue weighted by Crippen LogP contribution is -2.17. The van der Waals surface area contributed by atoms with Crippen LogP contribution in [-0.2, 0) is 0 Å². The van der Waals surface area contributed by atoms with Crippen molar-refractivity contribution in [1.82, 2.24) is 10.4 Å². The molecule has 0 unspecified atom stereocenters. The highest BCUT2D eigenvalue weighted by Crippen LogP contribution is 2.18. The van der Waals surface area contributed by atoms with E-state index < -0.39 is 16.6 Å². The van der Waals surface area contributed by atoms with Gasteiger partial charge in [-0.05, 0) is 17.7 Å². The molecule has 0 atom stereocenters. The van der Waals surface area contributed by atoms with Gasteiger partial charge >= 0.3 is 0 Å². The summed E-state index contributed by atoms with van der Waals surface area (Å²) in [5.41, 5.74) is 2.36. The maximum Gasteiger partial charge on any atom is 0.271 e. The Labute approximate surface area is 118 Å². The summed E-state index contributed by atoms with van der Waals surface area (Å²) in [6.45, 7) is 0. The molecule has 0 aliphatic rings. The number of amides is 1. The van der Waals surface area contributed by atoms with Gasteiger partial charge in [-0.15, -0.1) is 0 Å². The highest BCUT2D eigenvalue weighted by atomic mass is 16.6. The lowest BCUT2D eigenvalue weighted by molar-refractivity contribution is -0.385. The minimum atomic E-state index is -0.619. The number of hydrogen-bond donors (Lipinski definition) is 1. The van der Waals surface area contributed by atoms with Crippen LogP contribution in [0.1, 0.15) is 15.9 Å². The van der Waals surface area contributed by atoms with Crippen molar-refractivity contribution < 1.29 is 14.8 Å². The normalized spacial score (nSPS) is 10.5. The molecule has 0 spiro atoms. The molecule has 2 aromatic rings. The molecule has 106 valence electrons. The van der Waals surface area contributed by atoms with E-state index in [2.05, 4.69) is 15.5 Å². The Morgan fingerprint density at radius 3 is 2.67 bits per heavy atom. The molecule has 0 fully saturated rings. The number of nitrogens with one attached hydrogen (secondary N) is 1. The first kappa shape index (κ1) is 14.1. The standard InChI is InChI=1S/C13H10N4O4/c18-12-2-1-11(17(20)21)7-10(12)8-15-16-13(19)9-3-5-14-6-4-9/h1-8,18H,(H,16,19)/p-1/b15-8-. The summed E-state index contributed by atoms with van der Waals surface area (Å²) in [6.07, 6.45) is 3.97. The molecule has 0 bridgehead atoms. The van der Waals surface area contributed by atoms with Gasteiger partial charge in [-0.3, -0.25) is 19.9 Å². The number of benzene rings is 1. The maximum absolute atomic E-state index is 11.7. The van der Waals surface area contributed by atoms with Crippen LogP contribution < -0.4 is 10.5 Å². The van der Waals surface area contributed by atoms with Crippen LogP contribution in [-0.4, -0.2) is 22.0 Å². The second-order valence-corrected chi connectivity index (χ2v) is 3.91. The van der Waals surface area contributed by atoms with Crippen LogP contribution >= 0.6 is 0 Å². The molecular formula is C13H9N4O4-. The zero-order chi connectivity index (χ0) is 15.2. The number of pyridine rings is 1. The largest absolute Gasteiger partial charge is 0.872 e. The molecular weight excluding hydrogens is 276 g/mol. The summed E-state index contributed by atoms with van der Waals surface area (Å²) in [7, 11) is 0. The Hall–Kier alpha value is -3.29. The lowest BCUT2D eigenvalue weighted by Gasteiger charge is -2.08. The van der Waals surface area contributed by atoms with Gasteiger partial charge in [-0.25, -0.2) is 5.43 Å². The molecule has 2 rings (SSSR count). The number of carbonyl (C=O) groups excluding carboxylic acids is 1. The van der Waals surface area contributed by atoms with Crippen LogP contribution in [0.4, 0.5) is 5.69 Å². The van der Waals surface area contributed by atoms with Gasteiger partial charge in [0.25, 0.3) is 11.6 Å². The lowest BCUT2D eigenvalue weighted by atomic mass is 10.2. The highest BCUT2D eigenvalue weighted by molar-refractivity contribution is 5.95. The van der Waals surface area contributed by atoms with E-state index in [4.69, 9.17) is 0 Å². The third kappa shape index (κ3) is 3.60. The molecule has 0 aliphatic carbocycles. The van der Waals surface area contributed by atoms with Crippen molar-refractivity contribution in [2.45, 2.75) is 0 Å². The van der Waals surface area contributed by atoms with Crippen LogP contribution in [0.15, 0.2) is 47.8 Å². The first-order chi connectivity index (χ1) is 10.1. The Balaban J connectivity index is 2.10. The van der Waals surface area contributed by atoms with Crippen molar-refractivity contribution in [3.05, 3.63) is 64.0 Å². The maximum atomic E-state index is 11.7. The number of rotatable bonds is 4. The quantitative estimate of drug-likeness (QED) is 0.506. The Bertz CT molecular complexity index is 701. The molecule has 0 saturated carbocycles. The zero-order valence-corrected chi connectivity index (χ0v) is 10.6. The Kier molecular flexibility index (Phi) is 4.20. The Morgan fingerprint density at radius 1 is 1.29 bits per heavy atom. The fraction of sp³-hybridized carbons (Fsp3) is 0. The molecule has 1 heterocycles. The summed E-state index contributed by atoms with van der Waals surface area (Å²) in [5, 5.41) is 25.7. The number of aromatic nitrogens is 1. The zero-order valence-electron chi connectivity index (χ0n) is 10.6.